The quantitative estimate of drug-likeness (QED) is 0.522. The fourth-order valence-corrected chi connectivity index (χ4v) is 4.28. The lowest BCUT2D eigenvalue weighted by Gasteiger charge is -2.15. The van der Waals surface area contributed by atoms with Gasteiger partial charge in [0.25, 0.3) is 6.01 Å². The number of rotatable bonds is 4. The predicted molar refractivity (Wildman–Crippen MR) is 114 cm³/mol. The van der Waals surface area contributed by atoms with Gasteiger partial charge in [0.15, 0.2) is 17.6 Å². The fraction of sp³-hybridized carbons (Fsp3) is 0.273. The summed E-state index contributed by atoms with van der Waals surface area (Å²) in [6, 6.07) is 11.9. The number of H-pyrrole nitrogens is 1. The summed E-state index contributed by atoms with van der Waals surface area (Å²) < 4.78 is 17.5. The molecule has 3 atom stereocenters. The maximum atomic E-state index is 6.50. The van der Waals surface area contributed by atoms with Crippen molar-refractivity contribution in [2.24, 2.45) is 0 Å². The van der Waals surface area contributed by atoms with Crippen molar-refractivity contribution in [3.8, 4) is 28.7 Å². The highest BCUT2D eigenvalue weighted by Gasteiger charge is 2.43. The minimum Gasteiger partial charge on any atom is -0.456 e. The lowest BCUT2D eigenvalue weighted by molar-refractivity contribution is 0.0273. The van der Waals surface area contributed by atoms with Crippen LogP contribution in [-0.4, -0.2) is 56.4 Å². The predicted octanol–water partition coefficient (Wildman–Crippen LogP) is 3.67. The average molecular weight is 436 g/mol. The Labute approximate surface area is 182 Å². The minimum absolute atomic E-state index is 0.0550. The highest BCUT2D eigenvalue weighted by molar-refractivity contribution is 6.33. The molecule has 0 bridgehead atoms. The first-order valence-corrected chi connectivity index (χ1v) is 10.5. The van der Waals surface area contributed by atoms with Gasteiger partial charge in [-0.25, -0.2) is 15.0 Å². The number of hydrogen-bond donors (Lipinski definition) is 1. The molecular weight excluding hydrogens is 418 g/mol. The van der Waals surface area contributed by atoms with Crippen molar-refractivity contribution in [1.29, 1.82) is 0 Å². The number of halogens is 1. The van der Waals surface area contributed by atoms with E-state index in [-0.39, 0.29) is 18.3 Å². The highest BCUT2D eigenvalue weighted by atomic mass is 35.5. The van der Waals surface area contributed by atoms with Gasteiger partial charge in [0, 0.05) is 30.1 Å². The molecule has 0 saturated carbocycles. The Bertz CT molecular complexity index is 1230. The molecule has 0 radical (unpaired) electrons. The van der Waals surface area contributed by atoms with Crippen LogP contribution in [0.3, 0.4) is 0 Å². The SMILES string of the molecule is Clc1cc2[nH]c(OC3COC4CCOC43)nc2nc1-c1cnc(-c2ccccc2)nc1. The van der Waals surface area contributed by atoms with E-state index >= 15 is 0 Å². The topological polar surface area (TPSA) is 95.0 Å². The van der Waals surface area contributed by atoms with Crippen LogP contribution in [0.5, 0.6) is 6.01 Å². The van der Waals surface area contributed by atoms with Crippen LogP contribution < -0.4 is 4.74 Å². The van der Waals surface area contributed by atoms with Crippen LogP contribution in [0.1, 0.15) is 6.42 Å². The van der Waals surface area contributed by atoms with Crippen LogP contribution in [0.25, 0.3) is 33.8 Å². The number of aromatic amines is 1. The van der Waals surface area contributed by atoms with Gasteiger partial charge in [-0.3, -0.25) is 0 Å². The highest BCUT2D eigenvalue weighted by Crippen LogP contribution is 2.32. The van der Waals surface area contributed by atoms with Crippen LogP contribution in [0.4, 0.5) is 0 Å². The Morgan fingerprint density at radius 1 is 1.03 bits per heavy atom. The maximum Gasteiger partial charge on any atom is 0.296 e. The van der Waals surface area contributed by atoms with E-state index in [1.165, 1.54) is 0 Å². The Balaban J connectivity index is 1.28. The van der Waals surface area contributed by atoms with Gasteiger partial charge in [0.1, 0.15) is 6.10 Å². The van der Waals surface area contributed by atoms with E-state index in [1.807, 2.05) is 30.3 Å². The molecule has 6 rings (SSSR count). The van der Waals surface area contributed by atoms with E-state index in [4.69, 9.17) is 25.8 Å². The van der Waals surface area contributed by atoms with E-state index in [9.17, 15) is 0 Å². The lowest BCUT2D eigenvalue weighted by Crippen LogP contribution is -2.32. The number of fused-ring (bicyclic) bond motifs is 2. The molecule has 3 unspecified atom stereocenters. The molecular formula is C22H18ClN5O3. The van der Waals surface area contributed by atoms with Crippen LogP contribution in [0, 0.1) is 0 Å². The molecule has 9 heteroatoms. The van der Waals surface area contributed by atoms with Crippen LogP contribution in [-0.2, 0) is 9.47 Å². The van der Waals surface area contributed by atoms with Crippen molar-refractivity contribution < 1.29 is 14.2 Å². The summed E-state index contributed by atoms with van der Waals surface area (Å²) in [7, 11) is 0. The first-order valence-electron chi connectivity index (χ1n) is 10.1. The average Bonchev–Trinajstić information content (AvgIpc) is 3.51. The van der Waals surface area contributed by atoms with Crippen molar-refractivity contribution in [2.45, 2.75) is 24.7 Å². The molecule has 3 aromatic heterocycles. The van der Waals surface area contributed by atoms with Gasteiger partial charge in [-0.05, 0) is 12.5 Å². The van der Waals surface area contributed by atoms with Crippen molar-refractivity contribution in [1.82, 2.24) is 24.9 Å². The number of hydrogen-bond acceptors (Lipinski definition) is 7. The lowest BCUT2D eigenvalue weighted by atomic mass is 10.1. The Hall–Kier alpha value is -3.07. The zero-order valence-electron chi connectivity index (χ0n) is 16.4. The summed E-state index contributed by atoms with van der Waals surface area (Å²) in [6.07, 6.45) is 4.19. The molecule has 0 amide bonds. The van der Waals surface area contributed by atoms with Crippen molar-refractivity contribution in [3.63, 3.8) is 0 Å². The molecule has 1 N–H and O–H groups in total. The van der Waals surface area contributed by atoms with Crippen LogP contribution in [0.15, 0.2) is 48.8 Å². The normalized spacial score (nSPS) is 22.7. The van der Waals surface area contributed by atoms with E-state index in [0.717, 1.165) is 12.0 Å². The molecule has 4 aromatic rings. The van der Waals surface area contributed by atoms with Crippen LogP contribution in [0.2, 0.25) is 5.02 Å². The smallest absolute Gasteiger partial charge is 0.296 e. The maximum absolute atomic E-state index is 6.50. The van der Waals surface area contributed by atoms with Gasteiger partial charge in [-0.1, -0.05) is 41.9 Å². The second-order valence-corrected chi connectivity index (χ2v) is 7.95. The van der Waals surface area contributed by atoms with Gasteiger partial charge in [-0.2, -0.15) is 4.98 Å². The second-order valence-electron chi connectivity index (χ2n) is 7.55. The summed E-state index contributed by atoms with van der Waals surface area (Å²) in [5.74, 6) is 0.642. The molecule has 0 spiro atoms. The number of benzene rings is 1. The fourth-order valence-electron chi connectivity index (χ4n) is 4.02. The van der Waals surface area contributed by atoms with E-state index in [0.29, 0.717) is 52.5 Å². The molecule has 2 aliphatic heterocycles. The molecule has 2 fully saturated rings. The molecule has 8 nitrogen and oxygen atoms in total. The third-order valence-corrected chi connectivity index (χ3v) is 5.83. The summed E-state index contributed by atoms with van der Waals surface area (Å²) in [5.41, 5.74) is 3.42. The van der Waals surface area contributed by atoms with Gasteiger partial charge in [0.2, 0.25) is 0 Å². The second kappa shape index (κ2) is 7.56. The number of nitrogens with one attached hydrogen (secondary N) is 1. The Morgan fingerprint density at radius 3 is 2.71 bits per heavy atom. The first-order chi connectivity index (χ1) is 15.2. The number of ether oxygens (including phenoxy) is 3. The summed E-state index contributed by atoms with van der Waals surface area (Å²) >= 11 is 6.50. The third kappa shape index (κ3) is 3.42. The van der Waals surface area contributed by atoms with E-state index in [1.54, 1.807) is 18.5 Å². The standard InChI is InChI=1S/C22H18ClN5O3/c23-14-8-15-21(28-22(26-15)31-17-11-30-16-6-7-29-19(16)17)27-18(14)13-9-24-20(25-10-13)12-4-2-1-3-5-12/h1-5,8-10,16-17,19H,6-7,11H2,(H,26,27,28). The molecule has 5 heterocycles. The number of pyridine rings is 1. The Morgan fingerprint density at radius 2 is 1.87 bits per heavy atom. The zero-order chi connectivity index (χ0) is 20.8. The van der Waals surface area contributed by atoms with Crippen molar-refractivity contribution in [2.75, 3.05) is 13.2 Å². The third-order valence-electron chi connectivity index (χ3n) is 5.55. The van der Waals surface area contributed by atoms with Crippen molar-refractivity contribution in [3.05, 3.63) is 53.8 Å². The van der Waals surface area contributed by atoms with Crippen molar-refractivity contribution >= 4 is 22.8 Å². The molecule has 2 aliphatic rings. The largest absolute Gasteiger partial charge is 0.456 e. The molecule has 0 aliphatic carbocycles. The first kappa shape index (κ1) is 18.7. The van der Waals surface area contributed by atoms with E-state index in [2.05, 4.69) is 24.9 Å². The monoisotopic (exact) mass is 435 g/mol. The summed E-state index contributed by atoms with van der Waals surface area (Å²) in [4.78, 5) is 21.1. The molecule has 2 saturated heterocycles. The van der Waals surface area contributed by atoms with Crippen LogP contribution >= 0.6 is 11.6 Å². The number of aromatic nitrogens is 5. The number of nitrogens with zero attached hydrogens (tertiary/aromatic N) is 4. The van der Waals surface area contributed by atoms with Gasteiger partial charge in [-0.15, -0.1) is 0 Å². The summed E-state index contributed by atoms with van der Waals surface area (Å²) in [5, 5.41) is 0.474. The van der Waals surface area contributed by atoms with Gasteiger partial charge < -0.3 is 19.2 Å². The molecule has 1 aromatic carbocycles. The molecule has 156 valence electrons. The Kier molecular flexibility index (Phi) is 4.56. The van der Waals surface area contributed by atoms with Gasteiger partial charge >= 0.3 is 0 Å². The van der Waals surface area contributed by atoms with Gasteiger partial charge in [0.05, 0.1) is 28.9 Å². The number of imidazole rings is 1. The molecule has 31 heavy (non-hydrogen) atoms. The van der Waals surface area contributed by atoms with E-state index < -0.39 is 0 Å². The zero-order valence-corrected chi connectivity index (χ0v) is 17.1. The summed E-state index contributed by atoms with van der Waals surface area (Å²) in [6.45, 7) is 1.18. The minimum atomic E-state index is -0.193.